The molecule has 0 saturated carbocycles. The molecule has 16 heavy (non-hydrogen) atoms. The first-order valence-corrected chi connectivity index (χ1v) is 5.51. The molecule has 3 heteroatoms. The molecule has 1 rings (SSSR count). The Kier molecular flexibility index (Phi) is 4.83. The van der Waals surface area contributed by atoms with Gasteiger partial charge in [-0.2, -0.15) is 0 Å². The first-order valence-electron chi connectivity index (χ1n) is 5.51. The topological polar surface area (TPSA) is 38.3 Å². The fourth-order valence-corrected chi connectivity index (χ4v) is 1.31. The molecule has 0 unspecified atom stereocenters. The van der Waals surface area contributed by atoms with E-state index in [1.54, 1.807) is 7.11 Å². The third-order valence-electron chi connectivity index (χ3n) is 2.23. The summed E-state index contributed by atoms with van der Waals surface area (Å²) in [6, 6.07) is 7.55. The summed E-state index contributed by atoms with van der Waals surface area (Å²) >= 11 is 0. The molecular weight excluding hydrogens is 202 g/mol. The van der Waals surface area contributed by atoms with E-state index in [2.05, 4.69) is 19.2 Å². The summed E-state index contributed by atoms with van der Waals surface area (Å²) in [4.78, 5) is 11.5. The lowest BCUT2D eigenvalue weighted by Gasteiger charge is -2.07. The van der Waals surface area contributed by atoms with Crippen LogP contribution < -0.4 is 10.1 Å². The molecule has 1 aromatic rings. The number of nitrogens with one attached hydrogen (secondary N) is 1. The summed E-state index contributed by atoms with van der Waals surface area (Å²) in [7, 11) is 1.63. The van der Waals surface area contributed by atoms with Gasteiger partial charge in [0.1, 0.15) is 5.75 Å². The van der Waals surface area contributed by atoms with Crippen molar-refractivity contribution < 1.29 is 9.53 Å². The van der Waals surface area contributed by atoms with Crippen LogP contribution in [-0.2, 0) is 11.2 Å². The largest absolute Gasteiger partial charge is 0.497 e. The Labute approximate surface area is 96.8 Å². The first kappa shape index (κ1) is 12.6. The van der Waals surface area contributed by atoms with Gasteiger partial charge in [-0.25, -0.2) is 0 Å². The Morgan fingerprint density at radius 1 is 1.31 bits per heavy atom. The molecule has 0 aromatic heterocycles. The number of amides is 1. The van der Waals surface area contributed by atoms with Crippen molar-refractivity contribution in [2.75, 3.05) is 13.7 Å². The highest BCUT2D eigenvalue weighted by Gasteiger charge is 2.03. The van der Waals surface area contributed by atoms with Crippen LogP contribution in [0.2, 0.25) is 0 Å². The maximum absolute atomic E-state index is 11.5. The smallest absolute Gasteiger partial charge is 0.224 e. The molecule has 0 heterocycles. The summed E-state index contributed by atoms with van der Waals surface area (Å²) in [5, 5.41) is 2.89. The van der Waals surface area contributed by atoms with Gasteiger partial charge in [0.05, 0.1) is 13.5 Å². The van der Waals surface area contributed by atoms with Crippen LogP contribution in [-0.4, -0.2) is 19.6 Å². The van der Waals surface area contributed by atoms with Gasteiger partial charge in [0.25, 0.3) is 0 Å². The van der Waals surface area contributed by atoms with Crippen molar-refractivity contribution in [2.24, 2.45) is 5.92 Å². The SMILES string of the molecule is COc1ccc(CC(=O)NCC(C)C)cc1. The lowest BCUT2D eigenvalue weighted by atomic mass is 10.1. The van der Waals surface area contributed by atoms with E-state index in [0.717, 1.165) is 17.9 Å². The van der Waals surface area contributed by atoms with E-state index >= 15 is 0 Å². The summed E-state index contributed by atoms with van der Waals surface area (Å²) in [6.45, 7) is 4.89. The highest BCUT2D eigenvalue weighted by atomic mass is 16.5. The van der Waals surface area contributed by atoms with Gasteiger partial charge in [0.2, 0.25) is 5.91 Å². The monoisotopic (exact) mass is 221 g/mol. The van der Waals surface area contributed by atoms with Crippen molar-refractivity contribution in [3.8, 4) is 5.75 Å². The van der Waals surface area contributed by atoms with Crippen molar-refractivity contribution in [1.29, 1.82) is 0 Å². The molecule has 0 atom stereocenters. The van der Waals surface area contributed by atoms with Crippen LogP contribution in [0.25, 0.3) is 0 Å². The van der Waals surface area contributed by atoms with E-state index in [9.17, 15) is 4.79 Å². The van der Waals surface area contributed by atoms with E-state index in [-0.39, 0.29) is 5.91 Å². The lowest BCUT2D eigenvalue weighted by molar-refractivity contribution is -0.120. The molecule has 0 saturated heterocycles. The number of rotatable bonds is 5. The van der Waals surface area contributed by atoms with Gasteiger partial charge in [0, 0.05) is 6.54 Å². The number of hydrogen-bond donors (Lipinski definition) is 1. The second-order valence-corrected chi connectivity index (χ2v) is 4.22. The second kappa shape index (κ2) is 6.16. The molecule has 0 aliphatic heterocycles. The number of carbonyl (C=O) groups is 1. The van der Waals surface area contributed by atoms with Crippen LogP contribution in [0, 0.1) is 5.92 Å². The van der Waals surface area contributed by atoms with E-state index in [1.807, 2.05) is 24.3 Å². The molecule has 0 spiro atoms. The van der Waals surface area contributed by atoms with Crippen LogP contribution in [0.3, 0.4) is 0 Å². The normalized spacial score (nSPS) is 10.2. The lowest BCUT2D eigenvalue weighted by Crippen LogP contribution is -2.28. The minimum Gasteiger partial charge on any atom is -0.497 e. The average Bonchev–Trinajstić information content (AvgIpc) is 2.27. The van der Waals surface area contributed by atoms with Crippen molar-refractivity contribution in [3.05, 3.63) is 29.8 Å². The molecule has 1 amide bonds. The van der Waals surface area contributed by atoms with Crippen LogP contribution in [0.4, 0.5) is 0 Å². The molecule has 0 radical (unpaired) electrons. The van der Waals surface area contributed by atoms with E-state index in [1.165, 1.54) is 0 Å². The third kappa shape index (κ3) is 4.34. The number of hydrogen-bond acceptors (Lipinski definition) is 2. The molecular formula is C13H19NO2. The number of carbonyl (C=O) groups excluding carboxylic acids is 1. The van der Waals surface area contributed by atoms with Gasteiger partial charge >= 0.3 is 0 Å². The molecule has 1 N–H and O–H groups in total. The summed E-state index contributed by atoms with van der Waals surface area (Å²) < 4.78 is 5.05. The predicted octanol–water partition coefficient (Wildman–Crippen LogP) is 2.01. The Morgan fingerprint density at radius 3 is 2.44 bits per heavy atom. The molecule has 0 aliphatic rings. The van der Waals surface area contributed by atoms with Crippen LogP contribution in [0.1, 0.15) is 19.4 Å². The van der Waals surface area contributed by atoms with Gasteiger partial charge in [-0.1, -0.05) is 26.0 Å². The van der Waals surface area contributed by atoms with Crippen LogP contribution in [0.5, 0.6) is 5.75 Å². The van der Waals surface area contributed by atoms with Crippen molar-refractivity contribution >= 4 is 5.91 Å². The van der Waals surface area contributed by atoms with Crippen molar-refractivity contribution in [3.63, 3.8) is 0 Å². The summed E-state index contributed by atoms with van der Waals surface area (Å²) in [5.41, 5.74) is 1.00. The fourth-order valence-electron chi connectivity index (χ4n) is 1.31. The summed E-state index contributed by atoms with van der Waals surface area (Å²) in [6.07, 6.45) is 0.427. The minimum atomic E-state index is 0.0684. The molecule has 3 nitrogen and oxygen atoms in total. The van der Waals surface area contributed by atoms with E-state index < -0.39 is 0 Å². The van der Waals surface area contributed by atoms with Gasteiger partial charge in [-0.15, -0.1) is 0 Å². The predicted molar refractivity (Wildman–Crippen MR) is 64.5 cm³/mol. The number of methoxy groups -OCH3 is 1. The average molecular weight is 221 g/mol. The minimum absolute atomic E-state index is 0.0684. The third-order valence-corrected chi connectivity index (χ3v) is 2.23. The number of benzene rings is 1. The van der Waals surface area contributed by atoms with E-state index in [4.69, 9.17) is 4.74 Å². The zero-order valence-corrected chi connectivity index (χ0v) is 10.1. The molecule has 88 valence electrons. The van der Waals surface area contributed by atoms with Gasteiger partial charge in [-0.05, 0) is 23.6 Å². The highest BCUT2D eigenvalue weighted by Crippen LogP contribution is 2.11. The number of ether oxygens (including phenoxy) is 1. The quantitative estimate of drug-likeness (QED) is 0.826. The Balaban J connectivity index is 2.43. The zero-order valence-electron chi connectivity index (χ0n) is 10.1. The first-order chi connectivity index (χ1) is 7.61. The maximum atomic E-state index is 11.5. The van der Waals surface area contributed by atoms with Crippen molar-refractivity contribution in [1.82, 2.24) is 5.32 Å². The zero-order chi connectivity index (χ0) is 12.0. The Morgan fingerprint density at radius 2 is 1.94 bits per heavy atom. The van der Waals surface area contributed by atoms with Gasteiger partial charge < -0.3 is 10.1 Å². The van der Waals surface area contributed by atoms with Gasteiger partial charge in [0.15, 0.2) is 0 Å². The van der Waals surface area contributed by atoms with Crippen LogP contribution >= 0.6 is 0 Å². The molecule has 0 aliphatic carbocycles. The Bertz CT molecular complexity index is 330. The fraction of sp³-hybridized carbons (Fsp3) is 0.462. The molecule has 1 aromatic carbocycles. The Hall–Kier alpha value is -1.51. The van der Waals surface area contributed by atoms with Gasteiger partial charge in [-0.3, -0.25) is 4.79 Å². The van der Waals surface area contributed by atoms with E-state index in [0.29, 0.717) is 12.3 Å². The van der Waals surface area contributed by atoms with Crippen LogP contribution in [0.15, 0.2) is 24.3 Å². The highest BCUT2D eigenvalue weighted by molar-refractivity contribution is 5.78. The molecule has 0 fully saturated rings. The summed E-state index contributed by atoms with van der Waals surface area (Å²) in [5.74, 6) is 1.37. The second-order valence-electron chi connectivity index (χ2n) is 4.22. The molecule has 0 bridgehead atoms. The van der Waals surface area contributed by atoms with Crippen molar-refractivity contribution in [2.45, 2.75) is 20.3 Å². The standard InChI is InChI=1S/C13H19NO2/c1-10(2)9-14-13(15)8-11-4-6-12(16-3)7-5-11/h4-7,10H,8-9H2,1-3H3,(H,14,15). The maximum Gasteiger partial charge on any atom is 0.224 e.